The van der Waals surface area contributed by atoms with Crippen molar-refractivity contribution < 1.29 is 19.1 Å². The van der Waals surface area contributed by atoms with Gasteiger partial charge < -0.3 is 14.8 Å². The second-order valence-electron chi connectivity index (χ2n) is 8.23. The van der Waals surface area contributed by atoms with Crippen molar-refractivity contribution in [2.75, 3.05) is 11.1 Å². The second-order valence-corrected chi connectivity index (χ2v) is 9.17. The molecule has 1 heterocycles. The quantitative estimate of drug-likeness (QED) is 0.229. The van der Waals surface area contributed by atoms with E-state index in [0.717, 1.165) is 11.3 Å². The van der Waals surface area contributed by atoms with E-state index in [0.29, 0.717) is 28.8 Å². The van der Waals surface area contributed by atoms with Gasteiger partial charge in [0, 0.05) is 12.2 Å². The molecular formula is C26H30N4O4S. The first-order valence-electron chi connectivity index (χ1n) is 11.2. The number of nitrogens with one attached hydrogen (secondary N) is 1. The fraction of sp³-hybridized carbons (Fsp3) is 0.308. The highest BCUT2D eigenvalue weighted by molar-refractivity contribution is 7.99. The topological polar surface area (TPSA) is 95.3 Å². The molecule has 0 radical (unpaired) electrons. The molecule has 0 saturated heterocycles. The summed E-state index contributed by atoms with van der Waals surface area (Å²) in [5, 5.41) is 11.9. The van der Waals surface area contributed by atoms with E-state index < -0.39 is 5.97 Å². The van der Waals surface area contributed by atoms with Crippen molar-refractivity contribution in [2.45, 2.75) is 52.1 Å². The summed E-state index contributed by atoms with van der Waals surface area (Å²) in [6, 6.07) is 12.7. The summed E-state index contributed by atoms with van der Waals surface area (Å²) in [6.45, 7) is 12.1. The van der Waals surface area contributed by atoms with Crippen LogP contribution in [0.4, 0.5) is 5.69 Å². The van der Waals surface area contributed by atoms with Crippen molar-refractivity contribution in [1.82, 2.24) is 14.8 Å². The monoisotopic (exact) mass is 494 g/mol. The number of amides is 1. The first kappa shape index (κ1) is 26.0. The Bertz CT molecular complexity index is 1210. The van der Waals surface area contributed by atoms with Crippen LogP contribution in [-0.2, 0) is 22.7 Å². The number of carbonyl (C=O) groups excluding carboxylic acids is 2. The van der Waals surface area contributed by atoms with Crippen LogP contribution in [0.1, 0.15) is 41.2 Å². The maximum absolute atomic E-state index is 12.5. The fourth-order valence-corrected chi connectivity index (χ4v) is 4.05. The summed E-state index contributed by atoms with van der Waals surface area (Å²) in [7, 11) is 0. The Kier molecular flexibility index (Phi) is 9.08. The maximum atomic E-state index is 12.5. The molecule has 0 unspecified atom stereocenters. The van der Waals surface area contributed by atoms with Crippen molar-refractivity contribution >= 4 is 29.3 Å². The highest BCUT2D eigenvalue weighted by Gasteiger charge is 2.15. The molecular weight excluding hydrogens is 464 g/mol. The number of rotatable bonds is 11. The van der Waals surface area contributed by atoms with E-state index in [1.165, 1.54) is 17.3 Å². The van der Waals surface area contributed by atoms with Gasteiger partial charge >= 0.3 is 5.97 Å². The highest BCUT2D eigenvalue weighted by atomic mass is 32.2. The molecule has 0 spiro atoms. The number of aryl methyl sites for hydroxylation is 2. The van der Waals surface area contributed by atoms with Crippen LogP contribution in [0.15, 0.2) is 60.3 Å². The molecule has 1 amide bonds. The summed E-state index contributed by atoms with van der Waals surface area (Å²) in [6.07, 6.45) is 1.52. The summed E-state index contributed by atoms with van der Waals surface area (Å²) < 4.78 is 13.0. The average Bonchev–Trinajstić information content (AvgIpc) is 3.18. The van der Waals surface area contributed by atoms with Crippen LogP contribution in [0.25, 0.3) is 0 Å². The number of anilines is 1. The lowest BCUT2D eigenvalue weighted by atomic mass is 10.1. The third kappa shape index (κ3) is 7.45. The summed E-state index contributed by atoms with van der Waals surface area (Å²) in [4.78, 5) is 24.7. The van der Waals surface area contributed by atoms with Gasteiger partial charge in [-0.15, -0.1) is 16.8 Å². The van der Waals surface area contributed by atoms with E-state index >= 15 is 0 Å². The molecule has 0 saturated carbocycles. The number of ether oxygens (including phenoxy) is 2. The Balaban J connectivity index is 1.61. The van der Waals surface area contributed by atoms with Crippen molar-refractivity contribution in [1.29, 1.82) is 0 Å². The third-order valence-corrected chi connectivity index (χ3v) is 5.82. The van der Waals surface area contributed by atoms with Gasteiger partial charge in [-0.25, -0.2) is 4.79 Å². The number of carbonyl (C=O) groups is 2. The minimum atomic E-state index is -0.432. The lowest BCUT2D eigenvalue weighted by Gasteiger charge is -2.11. The van der Waals surface area contributed by atoms with Crippen molar-refractivity contribution in [3.05, 3.63) is 77.6 Å². The van der Waals surface area contributed by atoms with Crippen molar-refractivity contribution in [3.63, 3.8) is 0 Å². The van der Waals surface area contributed by atoms with Crippen LogP contribution in [0.3, 0.4) is 0 Å². The van der Waals surface area contributed by atoms with Crippen LogP contribution in [0, 0.1) is 13.8 Å². The van der Waals surface area contributed by atoms with Gasteiger partial charge in [0.1, 0.15) is 12.4 Å². The first-order valence-corrected chi connectivity index (χ1v) is 12.2. The minimum Gasteiger partial charge on any atom is -0.485 e. The molecule has 0 bridgehead atoms. The third-order valence-electron chi connectivity index (χ3n) is 4.85. The molecule has 0 aliphatic heterocycles. The molecule has 8 nitrogen and oxygen atoms in total. The smallest absolute Gasteiger partial charge is 0.338 e. The van der Waals surface area contributed by atoms with E-state index in [1.807, 2.05) is 30.5 Å². The molecule has 184 valence electrons. The molecule has 2 aromatic carbocycles. The SMILES string of the molecule is C=CCn1c(COc2ccc(C)cc2C)nnc1SCC(=O)Nc1cccc(C(=O)OC(C)C)c1. The van der Waals surface area contributed by atoms with Crippen LogP contribution in [0.5, 0.6) is 5.75 Å². The summed E-state index contributed by atoms with van der Waals surface area (Å²) >= 11 is 1.26. The molecule has 0 fully saturated rings. The van der Waals surface area contributed by atoms with Crippen molar-refractivity contribution in [2.24, 2.45) is 0 Å². The number of aromatic nitrogens is 3. The molecule has 0 aliphatic carbocycles. The van der Waals surface area contributed by atoms with E-state index in [-0.39, 0.29) is 24.4 Å². The van der Waals surface area contributed by atoms with E-state index in [2.05, 4.69) is 28.2 Å². The van der Waals surface area contributed by atoms with Crippen molar-refractivity contribution in [3.8, 4) is 5.75 Å². The number of hydrogen-bond donors (Lipinski definition) is 1. The number of benzene rings is 2. The van der Waals surface area contributed by atoms with Crippen LogP contribution in [-0.4, -0.2) is 38.5 Å². The van der Waals surface area contributed by atoms with Gasteiger partial charge in [0.2, 0.25) is 5.91 Å². The van der Waals surface area contributed by atoms with Crippen LogP contribution >= 0.6 is 11.8 Å². The molecule has 1 N–H and O–H groups in total. The van der Waals surface area contributed by atoms with Crippen LogP contribution < -0.4 is 10.1 Å². The Morgan fingerprint density at radius 3 is 2.69 bits per heavy atom. The van der Waals surface area contributed by atoms with Gasteiger partial charge in [-0.05, 0) is 57.5 Å². The molecule has 3 aromatic rings. The van der Waals surface area contributed by atoms with E-state index in [1.54, 1.807) is 44.2 Å². The Morgan fingerprint density at radius 2 is 1.97 bits per heavy atom. The van der Waals surface area contributed by atoms with Gasteiger partial charge in [0.05, 0.1) is 17.4 Å². The minimum absolute atomic E-state index is 0.119. The van der Waals surface area contributed by atoms with Crippen LogP contribution in [0.2, 0.25) is 0 Å². The molecule has 9 heteroatoms. The number of esters is 1. The van der Waals surface area contributed by atoms with Gasteiger partial charge in [-0.1, -0.05) is 41.6 Å². The van der Waals surface area contributed by atoms with Gasteiger partial charge in [0.15, 0.2) is 11.0 Å². The van der Waals surface area contributed by atoms with Gasteiger partial charge in [-0.2, -0.15) is 0 Å². The average molecular weight is 495 g/mol. The first-order chi connectivity index (χ1) is 16.8. The Morgan fingerprint density at radius 1 is 1.17 bits per heavy atom. The highest BCUT2D eigenvalue weighted by Crippen LogP contribution is 2.22. The zero-order valence-electron chi connectivity index (χ0n) is 20.4. The summed E-state index contributed by atoms with van der Waals surface area (Å²) in [5.41, 5.74) is 3.11. The predicted molar refractivity (Wildman–Crippen MR) is 137 cm³/mol. The molecule has 1 aromatic heterocycles. The maximum Gasteiger partial charge on any atom is 0.338 e. The number of hydrogen-bond acceptors (Lipinski definition) is 7. The lowest BCUT2D eigenvalue weighted by molar-refractivity contribution is -0.113. The van der Waals surface area contributed by atoms with E-state index in [4.69, 9.17) is 9.47 Å². The second kappa shape index (κ2) is 12.2. The lowest BCUT2D eigenvalue weighted by Crippen LogP contribution is -2.16. The predicted octanol–water partition coefficient (Wildman–Crippen LogP) is 4.96. The summed E-state index contributed by atoms with van der Waals surface area (Å²) in [5.74, 6) is 0.888. The number of thioether (sulfide) groups is 1. The Labute approximate surface area is 209 Å². The molecule has 3 rings (SSSR count). The zero-order chi connectivity index (χ0) is 25.4. The van der Waals surface area contributed by atoms with Gasteiger partial charge in [0.25, 0.3) is 0 Å². The van der Waals surface area contributed by atoms with E-state index in [9.17, 15) is 9.59 Å². The molecule has 35 heavy (non-hydrogen) atoms. The molecule has 0 aliphatic rings. The number of nitrogens with zero attached hydrogens (tertiary/aromatic N) is 3. The molecule has 0 atom stereocenters. The fourth-order valence-electron chi connectivity index (χ4n) is 3.28. The zero-order valence-corrected chi connectivity index (χ0v) is 21.2. The van der Waals surface area contributed by atoms with Gasteiger partial charge in [-0.3, -0.25) is 9.36 Å². The Hall–Kier alpha value is -3.59. The normalized spacial score (nSPS) is 10.8. The standard InChI is InChI=1S/C26H30N4O4S/c1-6-12-30-23(15-33-22-11-10-18(4)13-19(22)5)28-29-26(30)35-16-24(31)27-21-9-7-8-20(14-21)25(32)34-17(2)3/h6-11,13-14,17H,1,12,15-16H2,2-5H3,(H,27,31). The number of allylic oxidation sites excluding steroid dienone is 1. The largest absolute Gasteiger partial charge is 0.485 e.